The molecule has 0 aromatic heterocycles. The summed E-state index contributed by atoms with van der Waals surface area (Å²) in [5.74, 6) is 2.47. The molecule has 112 valence electrons. The van der Waals surface area contributed by atoms with E-state index in [0.29, 0.717) is 5.92 Å². The molecule has 1 aromatic rings. The Morgan fingerprint density at radius 3 is 2.55 bits per heavy atom. The number of ether oxygens (including phenoxy) is 1. The van der Waals surface area contributed by atoms with Crippen LogP contribution in [0, 0.1) is 5.92 Å². The van der Waals surface area contributed by atoms with Gasteiger partial charge in [0.05, 0.1) is 7.11 Å². The summed E-state index contributed by atoms with van der Waals surface area (Å²) in [5.41, 5.74) is 1.50. The highest BCUT2D eigenvalue weighted by molar-refractivity contribution is 5.30. The summed E-state index contributed by atoms with van der Waals surface area (Å²) in [7, 11) is 1.73. The molecule has 2 atom stereocenters. The van der Waals surface area contributed by atoms with Crippen molar-refractivity contribution in [3.05, 3.63) is 29.8 Å². The van der Waals surface area contributed by atoms with Crippen LogP contribution in [0.25, 0.3) is 0 Å². The van der Waals surface area contributed by atoms with E-state index >= 15 is 0 Å². The van der Waals surface area contributed by atoms with E-state index in [1.54, 1.807) is 7.11 Å². The zero-order chi connectivity index (χ0) is 14.2. The largest absolute Gasteiger partial charge is 0.497 e. The zero-order valence-corrected chi connectivity index (χ0v) is 13.0. The predicted molar refractivity (Wildman–Crippen MR) is 85.5 cm³/mol. The van der Waals surface area contributed by atoms with Gasteiger partial charge in [0.25, 0.3) is 0 Å². The normalized spacial score (nSPS) is 23.3. The first-order valence-electron chi connectivity index (χ1n) is 8.19. The van der Waals surface area contributed by atoms with Gasteiger partial charge in [0, 0.05) is 0 Å². The molecule has 2 rings (SSSR count). The van der Waals surface area contributed by atoms with E-state index in [2.05, 4.69) is 36.5 Å². The van der Waals surface area contributed by atoms with Crippen molar-refractivity contribution in [2.45, 2.75) is 51.4 Å². The molecule has 0 saturated heterocycles. The lowest BCUT2D eigenvalue weighted by Crippen LogP contribution is -2.27. The van der Waals surface area contributed by atoms with Crippen LogP contribution in [0.2, 0.25) is 0 Å². The summed E-state index contributed by atoms with van der Waals surface area (Å²) in [4.78, 5) is 0. The van der Waals surface area contributed by atoms with E-state index in [9.17, 15) is 0 Å². The highest BCUT2D eigenvalue weighted by atomic mass is 16.5. The maximum Gasteiger partial charge on any atom is 0.118 e. The van der Waals surface area contributed by atoms with E-state index in [1.165, 1.54) is 50.6 Å². The van der Waals surface area contributed by atoms with Gasteiger partial charge in [0.2, 0.25) is 0 Å². The average Bonchev–Trinajstić information content (AvgIpc) is 2.73. The molecular weight excluding hydrogens is 246 g/mol. The van der Waals surface area contributed by atoms with Crippen LogP contribution < -0.4 is 10.1 Å². The Morgan fingerprint density at radius 1 is 1.10 bits per heavy atom. The minimum absolute atomic E-state index is 0.716. The summed E-state index contributed by atoms with van der Waals surface area (Å²) in [6, 6.07) is 8.75. The molecule has 1 aliphatic carbocycles. The Balaban J connectivity index is 2.05. The fraction of sp³-hybridized carbons (Fsp3) is 0.667. The predicted octanol–water partition coefficient (Wildman–Crippen LogP) is 4.36. The monoisotopic (exact) mass is 275 g/mol. The van der Waals surface area contributed by atoms with Crippen LogP contribution in [0.3, 0.4) is 0 Å². The van der Waals surface area contributed by atoms with Crippen molar-refractivity contribution in [3.63, 3.8) is 0 Å². The lowest BCUT2D eigenvalue weighted by molar-refractivity contribution is 0.375. The van der Waals surface area contributed by atoms with Crippen LogP contribution in [-0.4, -0.2) is 20.2 Å². The summed E-state index contributed by atoms with van der Waals surface area (Å²) < 4.78 is 5.28. The number of rotatable bonds is 6. The molecule has 0 radical (unpaired) electrons. The van der Waals surface area contributed by atoms with Gasteiger partial charge in [-0.05, 0) is 61.9 Å². The SMILES string of the molecule is CCCNCC1CCCCCC1c1ccc(OC)cc1. The molecule has 2 nitrogen and oxygen atoms in total. The van der Waals surface area contributed by atoms with Crippen LogP contribution in [-0.2, 0) is 0 Å². The van der Waals surface area contributed by atoms with Crippen molar-refractivity contribution in [2.24, 2.45) is 5.92 Å². The second kappa shape index (κ2) is 8.31. The molecule has 1 fully saturated rings. The molecule has 2 heteroatoms. The summed E-state index contributed by atoms with van der Waals surface area (Å²) in [5, 5.41) is 3.63. The first kappa shape index (κ1) is 15.4. The fourth-order valence-electron chi connectivity index (χ4n) is 3.38. The Morgan fingerprint density at radius 2 is 1.85 bits per heavy atom. The van der Waals surface area contributed by atoms with Gasteiger partial charge in [0.15, 0.2) is 0 Å². The third kappa shape index (κ3) is 4.24. The number of nitrogens with one attached hydrogen (secondary N) is 1. The number of hydrogen-bond donors (Lipinski definition) is 1. The van der Waals surface area contributed by atoms with Crippen molar-refractivity contribution in [1.82, 2.24) is 5.32 Å². The van der Waals surface area contributed by atoms with Crippen LogP contribution >= 0.6 is 0 Å². The van der Waals surface area contributed by atoms with E-state index in [-0.39, 0.29) is 0 Å². The van der Waals surface area contributed by atoms with E-state index < -0.39 is 0 Å². The Hall–Kier alpha value is -1.02. The molecule has 0 amide bonds. The third-order valence-corrected chi connectivity index (χ3v) is 4.54. The first-order chi connectivity index (χ1) is 9.85. The van der Waals surface area contributed by atoms with Gasteiger partial charge in [0.1, 0.15) is 5.75 Å². The molecule has 1 aromatic carbocycles. The maximum absolute atomic E-state index is 5.28. The minimum Gasteiger partial charge on any atom is -0.497 e. The molecule has 1 aliphatic rings. The second-order valence-corrected chi connectivity index (χ2v) is 5.98. The van der Waals surface area contributed by atoms with Crippen LogP contribution in [0.5, 0.6) is 5.75 Å². The fourth-order valence-corrected chi connectivity index (χ4v) is 3.38. The first-order valence-corrected chi connectivity index (χ1v) is 8.19. The lowest BCUT2D eigenvalue weighted by Gasteiger charge is -2.26. The minimum atomic E-state index is 0.716. The summed E-state index contributed by atoms with van der Waals surface area (Å²) >= 11 is 0. The van der Waals surface area contributed by atoms with Crippen LogP contribution in [0.4, 0.5) is 0 Å². The zero-order valence-electron chi connectivity index (χ0n) is 13.0. The molecule has 0 bridgehead atoms. The van der Waals surface area contributed by atoms with Gasteiger partial charge in [-0.25, -0.2) is 0 Å². The van der Waals surface area contributed by atoms with E-state index in [0.717, 1.165) is 18.2 Å². The van der Waals surface area contributed by atoms with Crippen molar-refractivity contribution in [1.29, 1.82) is 0 Å². The molecule has 0 heterocycles. The van der Waals surface area contributed by atoms with Crippen LogP contribution in [0.1, 0.15) is 56.9 Å². The highest BCUT2D eigenvalue weighted by Crippen LogP contribution is 2.36. The Labute approximate surface area is 123 Å². The Bertz CT molecular complexity index is 374. The lowest BCUT2D eigenvalue weighted by atomic mass is 9.82. The Kier molecular flexibility index (Phi) is 6.38. The topological polar surface area (TPSA) is 21.3 Å². The van der Waals surface area contributed by atoms with Gasteiger partial charge in [-0.3, -0.25) is 0 Å². The molecule has 20 heavy (non-hydrogen) atoms. The van der Waals surface area contributed by atoms with Crippen molar-refractivity contribution >= 4 is 0 Å². The maximum atomic E-state index is 5.28. The highest BCUT2D eigenvalue weighted by Gasteiger charge is 2.24. The van der Waals surface area contributed by atoms with Crippen molar-refractivity contribution in [3.8, 4) is 5.75 Å². The summed E-state index contributed by atoms with van der Waals surface area (Å²) in [6.45, 7) is 4.55. The summed E-state index contributed by atoms with van der Waals surface area (Å²) in [6.07, 6.45) is 8.10. The second-order valence-electron chi connectivity index (χ2n) is 5.98. The standard InChI is InChI=1S/C18H29NO/c1-3-13-19-14-16-7-5-4-6-8-18(16)15-9-11-17(20-2)12-10-15/h9-12,16,18-19H,3-8,13-14H2,1-2H3. The van der Waals surface area contributed by atoms with E-state index in [1.807, 2.05) is 0 Å². The molecular formula is C18H29NO. The molecule has 2 unspecified atom stereocenters. The van der Waals surface area contributed by atoms with E-state index in [4.69, 9.17) is 4.74 Å². The molecule has 1 saturated carbocycles. The van der Waals surface area contributed by atoms with Gasteiger partial charge >= 0.3 is 0 Å². The van der Waals surface area contributed by atoms with Crippen molar-refractivity contribution < 1.29 is 4.74 Å². The number of hydrogen-bond acceptors (Lipinski definition) is 2. The van der Waals surface area contributed by atoms with Gasteiger partial charge in [-0.1, -0.05) is 38.3 Å². The van der Waals surface area contributed by atoms with Crippen LogP contribution in [0.15, 0.2) is 24.3 Å². The quantitative estimate of drug-likeness (QED) is 0.615. The van der Waals surface area contributed by atoms with Gasteiger partial charge in [-0.2, -0.15) is 0 Å². The average molecular weight is 275 g/mol. The van der Waals surface area contributed by atoms with Gasteiger partial charge in [-0.15, -0.1) is 0 Å². The third-order valence-electron chi connectivity index (χ3n) is 4.54. The smallest absolute Gasteiger partial charge is 0.118 e. The molecule has 1 N–H and O–H groups in total. The molecule has 0 aliphatic heterocycles. The number of methoxy groups -OCH3 is 1. The molecule has 0 spiro atoms. The number of benzene rings is 1. The van der Waals surface area contributed by atoms with Crippen molar-refractivity contribution in [2.75, 3.05) is 20.2 Å². The van der Waals surface area contributed by atoms with Gasteiger partial charge < -0.3 is 10.1 Å².